The summed E-state index contributed by atoms with van der Waals surface area (Å²) in [6.45, 7) is 0.948. The Bertz CT molecular complexity index is 737. The van der Waals surface area contributed by atoms with Crippen molar-refractivity contribution in [1.82, 2.24) is 14.5 Å². The lowest BCUT2D eigenvalue weighted by atomic mass is 9.96. The summed E-state index contributed by atoms with van der Waals surface area (Å²) in [4.78, 5) is 18.2. The summed E-state index contributed by atoms with van der Waals surface area (Å²) in [6, 6.07) is 1.51. The third kappa shape index (κ3) is 1.94. The fourth-order valence-corrected chi connectivity index (χ4v) is 2.64. The molecule has 21 heavy (non-hydrogen) atoms. The van der Waals surface area contributed by atoms with Crippen LogP contribution in [0.15, 0.2) is 17.1 Å². The molecule has 3 rings (SSSR count). The van der Waals surface area contributed by atoms with Crippen LogP contribution in [-0.4, -0.2) is 54.3 Å². The minimum absolute atomic E-state index is 0.0654. The number of nitrogens with zero attached hydrogens (tertiary/aromatic N) is 2. The van der Waals surface area contributed by atoms with Gasteiger partial charge in [-0.2, -0.15) is 4.98 Å². The zero-order valence-electron chi connectivity index (χ0n) is 11.2. The molecular weight excluding hydrogens is 280 g/mol. The highest BCUT2D eigenvalue weighted by molar-refractivity contribution is 5.76. The third-order valence-corrected chi connectivity index (χ3v) is 3.79. The van der Waals surface area contributed by atoms with Crippen LogP contribution in [0.2, 0.25) is 0 Å². The minimum atomic E-state index is -1.65. The van der Waals surface area contributed by atoms with E-state index >= 15 is 0 Å². The quantitative estimate of drug-likeness (QED) is 0.444. The number of nitrogen functional groups attached to an aromatic ring is 1. The molecule has 9 nitrogen and oxygen atoms in total. The van der Waals surface area contributed by atoms with Gasteiger partial charge in [0.05, 0.1) is 12.0 Å². The van der Waals surface area contributed by atoms with E-state index in [1.807, 2.05) is 0 Å². The minimum Gasteiger partial charge on any atom is -0.394 e. The van der Waals surface area contributed by atoms with Gasteiger partial charge in [-0.05, 0) is 13.0 Å². The van der Waals surface area contributed by atoms with Gasteiger partial charge in [0.1, 0.15) is 17.8 Å². The Morgan fingerprint density at radius 2 is 2.33 bits per heavy atom. The topological polar surface area (TPSA) is 147 Å². The smallest absolute Gasteiger partial charge is 0.261 e. The fraction of sp³-hybridized carbons (Fsp3) is 0.500. The number of aliphatic hydroxyl groups excluding tert-OH is 2. The maximum Gasteiger partial charge on any atom is 0.261 e. The van der Waals surface area contributed by atoms with E-state index in [1.54, 1.807) is 0 Å². The molecule has 114 valence electrons. The lowest BCUT2D eigenvalue weighted by Crippen LogP contribution is -2.44. The summed E-state index contributed by atoms with van der Waals surface area (Å²) in [5, 5.41) is 29.9. The molecule has 1 aliphatic rings. The lowest BCUT2D eigenvalue weighted by molar-refractivity contribution is -0.0948. The van der Waals surface area contributed by atoms with Gasteiger partial charge in [0.15, 0.2) is 11.9 Å². The Labute approximate surface area is 118 Å². The average molecular weight is 296 g/mol. The molecule has 0 aromatic carbocycles. The van der Waals surface area contributed by atoms with E-state index in [9.17, 15) is 20.1 Å². The Morgan fingerprint density at radius 1 is 1.62 bits per heavy atom. The zero-order chi connectivity index (χ0) is 15.4. The summed E-state index contributed by atoms with van der Waals surface area (Å²) in [6.07, 6.45) is -1.69. The number of H-pyrrole nitrogens is 1. The average Bonchev–Trinajstić information content (AvgIpc) is 2.91. The third-order valence-electron chi connectivity index (χ3n) is 3.79. The molecule has 0 bridgehead atoms. The van der Waals surface area contributed by atoms with Crippen molar-refractivity contribution in [2.45, 2.75) is 31.0 Å². The molecule has 0 saturated carbocycles. The summed E-state index contributed by atoms with van der Waals surface area (Å²) >= 11 is 0. The number of aliphatic hydroxyl groups is 3. The number of fused-ring (bicyclic) bond motifs is 1. The van der Waals surface area contributed by atoms with Crippen LogP contribution in [-0.2, 0) is 4.74 Å². The van der Waals surface area contributed by atoms with E-state index in [-0.39, 0.29) is 17.0 Å². The second-order valence-corrected chi connectivity index (χ2v) is 5.29. The van der Waals surface area contributed by atoms with E-state index < -0.39 is 36.2 Å². The first kappa shape index (κ1) is 14.0. The van der Waals surface area contributed by atoms with Gasteiger partial charge in [0.25, 0.3) is 5.56 Å². The highest BCUT2D eigenvalue weighted by Gasteiger charge is 2.53. The van der Waals surface area contributed by atoms with Gasteiger partial charge in [0.2, 0.25) is 5.95 Å². The molecule has 4 atom stereocenters. The summed E-state index contributed by atoms with van der Waals surface area (Å²) in [7, 11) is 0. The van der Waals surface area contributed by atoms with E-state index in [1.165, 1.54) is 23.8 Å². The van der Waals surface area contributed by atoms with Gasteiger partial charge in [-0.25, -0.2) is 0 Å². The van der Waals surface area contributed by atoms with Crippen LogP contribution in [0, 0.1) is 0 Å². The molecule has 0 radical (unpaired) electrons. The summed E-state index contributed by atoms with van der Waals surface area (Å²) in [5.41, 5.74) is 3.69. The van der Waals surface area contributed by atoms with Gasteiger partial charge in [-0.1, -0.05) is 0 Å². The van der Waals surface area contributed by atoms with Gasteiger partial charge in [-0.3, -0.25) is 9.78 Å². The SMILES string of the molecule is C[C@@]1(O)[C@@H](n2ccc3c(=O)[nH]c(N)nc32)O[C@@H](CO)[C@@H]1O. The molecule has 1 aliphatic heterocycles. The van der Waals surface area contributed by atoms with Crippen molar-refractivity contribution in [1.29, 1.82) is 0 Å². The number of hydrogen-bond donors (Lipinski definition) is 5. The standard InChI is InChI=1S/C12H16N4O5/c1-12(20)7(18)6(4-17)21-10(12)16-3-2-5-8(16)14-11(13)15-9(5)19/h2-3,6-7,10,17-18,20H,4H2,1H3,(H3,13,14,15,19)/t6-,7-,10-,12-/m0/s1. The van der Waals surface area contributed by atoms with Crippen molar-refractivity contribution in [3.8, 4) is 0 Å². The van der Waals surface area contributed by atoms with E-state index in [0.29, 0.717) is 0 Å². The van der Waals surface area contributed by atoms with Gasteiger partial charge < -0.3 is 30.4 Å². The van der Waals surface area contributed by atoms with Crippen molar-refractivity contribution in [2.24, 2.45) is 0 Å². The molecule has 2 aromatic rings. The fourth-order valence-electron chi connectivity index (χ4n) is 2.64. The first-order valence-corrected chi connectivity index (χ1v) is 6.39. The van der Waals surface area contributed by atoms with Crippen LogP contribution >= 0.6 is 0 Å². The maximum atomic E-state index is 11.8. The maximum absolute atomic E-state index is 11.8. The molecule has 0 unspecified atom stereocenters. The van der Waals surface area contributed by atoms with Crippen LogP contribution in [0.25, 0.3) is 11.0 Å². The van der Waals surface area contributed by atoms with Gasteiger partial charge in [0, 0.05) is 6.20 Å². The highest BCUT2D eigenvalue weighted by atomic mass is 16.6. The molecule has 1 fully saturated rings. The van der Waals surface area contributed by atoms with Gasteiger partial charge >= 0.3 is 0 Å². The van der Waals surface area contributed by atoms with E-state index in [2.05, 4.69) is 9.97 Å². The molecule has 1 saturated heterocycles. The van der Waals surface area contributed by atoms with Crippen LogP contribution in [0.3, 0.4) is 0 Å². The molecule has 0 amide bonds. The highest BCUT2D eigenvalue weighted by Crippen LogP contribution is 2.39. The molecular formula is C12H16N4O5. The predicted molar refractivity (Wildman–Crippen MR) is 72.4 cm³/mol. The van der Waals surface area contributed by atoms with Crippen LogP contribution in [0.5, 0.6) is 0 Å². The van der Waals surface area contributed by atoms with Crippen LogP contribution in [0.1, 0.15) is 13.2 Å². The second kappa shape index (κ2) is 4.53. The van der Waals surface area contributed by atoms with E-state index in [0.717, 1.165) is 0 Å². The number of anilines is 1. The largest absolute Gasteiger partial charge is 0.394 e. The van der Waals surface area contributed by atoms with Crippen molar-refractivity contribution < 1.29 is 20.1 Å². The molecule has 3 heterocycles. The monoisotopic (exact) mass is 296 g/mol. The lowest BCUT2D eigenvalue weighted by Gasteiger charge is -2.27. The van der Waals surface area contributed by atoms with E-state index in [4.69, 9.17) is 10.5 Å². The number of aromatic nitrogens is 3. The Balaban J connectivity index is 2.15. The van der Waals surface area contributed by atoms with Crippen molar-refractivity contribution in [3.63, 3.8) is 0 Å². The number of aromatic amines is 1. The Kier molecular flexibility index (Phi) is 3.02. The van der Waals surface area contributed by atoms with Crippen molar-refractivity contribution in [2.75, 3.05) is 12.3 Å². The molecule has 0 aliphatic carbocycles. The van der Waals surface area contributed by atoms with Crippen LogP contribution < -0.4 is 11.3 Å². The summed E-state index contributed by atoms with van der Waals surface area (Å²) < 4.78 is 6.91. The number of ether oxygens (including phenoxy) is 1. The number of rotatable bonds is 2. The summed E-state index contributed by atoms with van der Waals surface area (Å²) in [5.74, 6) is -0.0654. The predicted octanol–water partition coefficient (Wildman–Crippen LogP) is -1.69. The van der Waals surface area contributed by atoms with Crippen LogP contribution in [0.4, 0.5) is 5.95 Å². The molecule has 0 spiro atoms. The first-order chi connectivity index (χ1) is 9.86. The number of hydrogen-bond acceptors (Lipinski definition) is 7. The zero-order valence-corrected chi connectivity index (χ0v) is 11.2. The van der Waals surface area contributed by atoms with Crippen molar-refractivity contribution >= 4 is 17.0 Å². The number of nitrogens with one attached hydrogen (secondary N) is 1. The normalized spacial score (nSPS) is 32.9. The first-order valence-electron chi connectivity index (χ1n) is 6.39. The Morgan fingerprint density at radius 3 is 2.95 bits per heavy atom. The Hall–Kier alpha value is -1.94. The van der Waals surface area contributed by atoms with Gasteiger partial charge in [-0.15, -0.1) is 0 Å². The molecule has 2 aromatic heterocycles. The molecule has 6 N–H and O–H groups in total. The molecule has 9 heteroatoms. The second-order valence-electron chi connectivity index (χ2n) is 5.29. The number of nitrogens with two attached hydrogens (primary N) is 1. The van der Waals surface area contributed by atoms with Crippen molar-refractivity contribution in [3.05, 3.63) is 22.6 Å².